The van der Waals surface area contributed by atoms with Crippen LogP contribution in [0.25, 0.3) is 0 Å². The summed E-state index contributed by atoms with van der Waals surface area (Å²) in [4.78, 5) is -0.319. The van der Waals surface area contributed by atoms with E-state index in [1.807, 2.05) is 4.72 Å². The number of hydrogen-bond donors (Lipinski definition) is 2. The van der Waals surface area contributed by atoms with Crippen LogP contribution in [0.2, 0.25) is 0 Å². The van der Waals surface area contributed by atoms with Crippen molar-refractivity contribution in [3.8, 4) is 5.75 Å². The highest BCUT2D eigenvalue weighted by molar-refractivity contribution is 7.92. The van der Waals surface area contributed by atoms with Crippen LogP contribution in [0.1, 0.15) is 0 Å². The van der Waals surface area contributed by atoms with E-state index in [9.17, 15) is 17.2 Å². The van der Waals surface area contributed by atoms with Crippen LogP contribution in [0.3, 0.4) is 0 Å². The number of nitrogens with one attached hydrogen (secondary N) is 1. The first-order valence-electron chi connectivity index (χ1n) is 5.15. The molecule has 0 aliphatic carbocycles. The number of halogens is 2. The first-order chi connectivity index (χ1) is 8.88. The molecule has 0 aliphatic heterocycles. The highest BCUT2D eigenvalue weighted by Gasteiger charge is 2.16. The van der Waals surface area contributed by atoms with Crippen LogP contribution in [0, 0.1) is 11.6 Å². The molecule has 0 aliphatic rings. The van der Waals surface area contributed by atoms with Crippen LogP contribution >= 0.6 is 0 Å². The van der Waals surface area contributed by atoms with Crippen molar-refractivity contribution in [3.63, 3.8) is 0 Å². The first kappa shape index (κ1) is 13.3. The normalized spacial score (nSPS) is 11.3. The summed E-state index contributed by atoms with van der Waals surface area (Å²) in [7, 11) is -4.08. The number of anilines is 1. The van der Waals surface area contributed by atoms with Gasteiger partial charge in [-0.2, -0.15) is 0 Å². The smallest absolute Gasteiger partial charge is 0.262 e. The maximum atomic E-state index is 13.4. The summed E-state index contributed by atoms with van der Waals surface area (Å²) >= 11 is 0. The second kappa shape index (κ2) is 4.85. The molecule has 0 saturated heterocycles. The predicted molar refractivity (Wildman–Crippen MR) is 65.3 cm³/mol. The Morgan fingerprint density at radius 2 is 1.79 bits per heavy atom. The van der Waals surface area contributed by atoms with E-state index in [1.54, 1.807) is 0 Å². The number of rotatable bonds is 3. The molecule has 19 heavy (non-hydrogen) atoms. The van der Waals surface area contributed by atoms with E-state index in [0.717, 1.165) is 30.3 Å². The van der Waals surface area contributed by atoms with Gasteiger partial charge in [0.05, 0.1) is 10.6 Å². The highest BCUT2D eigenvalue weighted by atomic mass is 32.2. The summed E-state index contributed by atoms with van der Waals surface area (Å²) in [6.07, 6.45) is 0. The lowest BCUT2D eigenvalue weighted by molar-refractivity contribution is 0.469. The fraction of sp³-hybridized carbons (Fsp3) is 0. The Bertz CT molecular complexity index is 717. The van der Waals surface area contributed by atoms with Crippen molar-refractivity contribution in [2.45, 2.75) is 4.90 Å². The van der Waals surface area contributed by atoms with Gasteiger partial charge in [0.1, 0.15) is 11.6 Å². The van der Waals surface area contributed by atoms with Crippen LogP contribution in [-0.2, 0) is 10.0 Å². The second-order valence-corrected chi connectivity index (χ2v) is 5.41. The molecule has 0 atom stereocenters. The fourth-order valence-electron chi connectivity index (χ4n) is 1.42. The van der Waals surface area contributed by atoms with Gasteiger partial charge in [-0.15, -0.1) is 0 Å². The molecule has 0 saturated carbocycles. The molecular weight excluding hydrogens is 276 g/mol. The molecule has 7 heteroatoms. The van der Waals surface area contributed by atoms with Gasteiger partial charge >= 0.3 is 0 Å². The molecule has 0 radical (unpaired) electrons. The van der Waals surface area contributed by atoms with E-state index in [0.29, 0.717) is 0 Å². The quantitative estimate of drug-likeness (QED) is 0.851. The summed E-state index contributed by atoms with van der Waals surface area (Å²) in [6.45, 7) is 0. The van der Waals surface area contributed by atoms with Gasteiger partial charge in [0.2, 0.25) is 0 Å². The molecule has 2 rings (SSSR count). The number of phenolic OH excluding ortho intramolecular Hbond substituents is 1. The highest BCUT2D eigenvalue weighted by Crippen LogP contribution is 2.22. The lowest BCUT2D eigenvalue weighted by Gasteiger charge is -2.09. The molecule has 100 valence electrons. The van der Waals surface area contributed by atoms with Crippen LogP contribution in [0.15, 0.2) is 47.4 Å². The van der Waals surface area contributed by atoms with Crippen molar-refractivity contribution >= 4 is 15.7 Å². The maximum Gasteiger partial charge on any atom is 0.262 e. The van der Waals surface area contributed by atoms with Crippen molar-refractivity contribution < 1.29 is 22.3 Å². The third-order valence-corrected chi connectivity index (χ3v) is 3.67. The molecule has 0 unspecified atom stereocenters. The van der Waals surface area contributed by atoms with Gasteiger partial charge in [0.15, 0.2) is 5.82 Å². The zero-order valence-electron chi connectivity index (χ0n) is 9.47. The molecule has 0 aromatic heterocycles. The van der Waals surface area contributed by atoms with Crippen molar-refractivity contribution in [1.29, 1.82) is 0 Å². The van der Waals surface area contributed by atoms with Crippen molar-refractivity contribution in [2.24, 2.45) is 0 Å². The van der Waals surface area contributed by atoms with Gasteiger partial charge < -0.3 is 5.11 Å². The summed E-state index contributed by atoms with van der Waals surface area (Å²) in [5.74, 6) is -1.97. The Morgan fingerprint density at radius 3 is 2.42 bits per heavy atom. The van der Waals surface area contributed by atoms with Gasteiger partial charge in [-0.3, -0.25) is 4.72 Å². The van der Waals surface area contributed by atoms with Gasteiger partial charge in [-0.1, -0.05) is 6.07 Å². The third-order valence-electron chi connectivity index (χ3n) is 2.30. The van der Waals surface area contributed by atoms with E-state index in [1.165, 1.54) is 12.1 Å². The standard InChI is InChI=1S/C12H9F2NO3S/c13-8-2-1-3-10(6-8)19(17,18)15-12-5-4-9(16)7-11(12)14/h1-7,15-16H. The molecular formula is C12H9F2NO3S. The Balaban J connectivity index is 2.36. The monoisotopic (exact) mass is 285 g/mol. The van der Waals surface area contributed by atoms with E-state index < -0.39 is 21.7 Å². The average molecular weight is 285 g/mol. The van der Waals surface area contributed by atoms with Gasteiger partial charge in [-0.25, -0.2) is 17.2 Å². The summed E-state index contributed by atoms with van der Waals surface area (Å²) in [6, 6.07) is 7.30. The molecule has 2 aromatic rings. The summed E-state index contributed by atoms with van der Waals surface area (Å²) in [5, 5.41) is 9.02. The van der Waals surface area contributed by atoms with Crippen LogP contribution in [-0.4, -0.2) is 13.5 Å². The van der Waals surface area contributed by atoms with E-state index in [2.05, 4.69) is 0 Å². The number of aromatic hydroxyl groups is 1. The largest absolute Gasteiger partial charge is 0.508 e. The molecule has 0 heterocycles. The molecule has 4 nitrogen and oxygen atoms in total. The Morgan fingerprint density at radius 1 is 1.05 bits per heavy atom. The number of phenols is 1. The number of benzene rings is 2. The Hall–Kier alpha value is -2.15. The minimum atomic E-state index is -4.08. The molecule has 0 bridgehead atoms. The summed E-state index contributed by atoms with van der Waals surface area (Å²) < 4.78 is 52.1. The van der Waals surface area contributed by atoms with Crippen LogP contribution < -0.4 is 4.72 Å². The van der Waals surface area contributed by atoms with Gasteiger partial charge in [0.25, 0.3) is 10.0 Å². The Kier molecular flexibility index (Phi) is 3.39. The molecule has 0 spiro atoms. The zero-order valence-corrected chi connectivity index (χ0v) is 10.3. The van der Waals surface area contributed by atoms with Crippen LogP contribution in [0.4, 0.5) is 14.5 Å². The SMILES string of the molecule is O=S(=O)(Nc1ccc(O)cc1F)c1cccc(F)c1. The van der Waals surface area contributed by atoms with E-state index in [-0.39, 0.29) is 16.3 Å². The molecule has 0 amide bonds. The summed E-state index contributed by atoms with van der Waals surface area (Å²) in [5.41, 5.74) is -0.331. The van der Waals surface area contributed by atoms with Crippen molar-refractivity contribution in [3.05, 3.63) is 54.1 Å². The number of sulfonamides is 1. The Labute approximate surface area is 108 Å². The lowest BCUT2D eigenvalue weighted by atomic mass is 10.3. The third kappa shape index (κ3) is 3.00. The number of hydrogen-bond acceptors (Lipinski definition) is 3. The fourth-order valence-corrected chi connectivity index (χ4v) is 2.52. The molecule has 2 aromatic carbocycles. The van der Waals surface area contributed by atoms with Crippen LogP contribution in [0.5, 0.6) is 5.75 Å². The molecule has 2 N–H and O–H groups in total. The first-order valence-corrected chi connectivity index (χ1v) is 6.64. The van der Waals surface area contributed by atoms with Gasteiger partial charge in [-0.05, 0) is 30.3 Å². The van der Waals surface area contributed by atoms with Gasteiger partial charge in [0, 0.05) is 6.07 Å². The second-order valence-electron chi connectivity index (χ2n) is 3.73. The average Bonchev–Trinajstić information content (AvgIpc) is 2.33. The minimum Gasteiger partial charge on any atom is -0.508 e. The topological polar surface area (TPSA) is 66.4 Å². The maximum absolute atomic E-state index is 13.4. The van der Waals surface area contributed by atoms with E-state index >= 15 is 0 Å². The lowest BCUT2D eigenvalue weighted by Crippen LogP contribution is -2.14. The zero-order chi connectivity index (χ0) is 14.0. The van der Waals surface area contributed by atoms with E-state index in [4.69, 9.17) is 5.11 Å². The minimum absolute atomic E-state index is 0.319. The van der Waals surface area contributed by atoms with Crippen molar-refractivity contribution in [2.75, 3.05) is 4.72 Å². The van der Waals surface area contributed by atoms with Crippen molar-refractivity contribution in [1.82, 2.24) is 0 Å². The predicted octanol–water partition coefficient (Wildman–Crippen LogP) is 2.47. The molecule has 0 fully saturated rings.